The van der Waals surface area contributed by atoms with Gasteiger partial charge in [-0.25, -0.2) is 4.79 Å². The second-order valence-corrected chi connectivity index (χ2v) is 5.75. The highest BCUT2D eigenvalue weighted by Gasteiger charge is 2.22. The van der Waals surface area contributed by atoms with Gasteiger partial charge in [-0.1, -0.05) is 24.3 Å². The van der Waals surface area contributed by atoms with E-state index in [2.05, 4.69) is 10.3 Å². The molecule has 1 N–H and O–H groups in total. The van der Waals surface area contributed by atoms with Crippen LogP contribution in [0.4, 0.5) is 4.79 Å². The van der Waals surface area contributed by atoms with Crippen LogP contribution in [-0.2, 0) is 6.54 Å². The van der Waals surface area contributed by atoms with Crippen LogP contribution in [0.2, 0.25) is 0 Å². The van der Waals surface area contributed by atoms with E-state index in [9.17, 15) is 4.79 Å². The number of carbonyl (C=O) groups is 1. The standard InChI is InChI=1S/C18H21N3O2/c1-21(13-14-6-4-10-19-12-14)18(22)20-16-8-5-11-23-17-9-3-2-7-15(16)17/h2-4,6-7,9-10,12,16H,5,8,11,13H2,1H3,(H,20,22)/t16-/m1/s1. The number of nitrogens with zero attached hydrogens (tertiary/aromatic N) is 2. The molecular formula is C18H21N3O2. The first-order valence-electron chi connectivity index (χ1n) is 7.86. The minimum Gasteiger partial charge on any atom is -0.493 e. The van der Waals surface area contributed by atoms with Gasteiger partial charge in [0.05, 0.1) is 12.6 Å². The fourth-order valence-electron chi connectivity index (χ4n) is 2.77. The molecule has 2 amide bonds. The lowest BCUT2D eigenvalue weighted by Gasteiger charge is -2.23. The normalized spacial score (nSPS) is 16.7. The molecule has 0 spiro atoms. The monoisotopic (exact) mass is 311 g/mol. The van der Waals surface area contributed by atoms with Crippen LogP contribution in [0.15, 0.2) is 48.8 Å². The number of benzene rings is 1. The maximum Gasteiger partial charge on any atom is 0.317 e. The van der Waals surface area contributed by atoms with Crippen molar-refractivity contribution in [2.75, 3.05) is 13.7 Å². The number of pyridine rings is 1. The van der Waals surface area contributed by atoms with Crippen molar-refractivity contribution < 1.29 is 9.53 Å². The predicted molar refractivity (Wildman–Crippen MR) is 88.1 cm³/mol. The Morgan fingerprint density at radius 3 is 3.04 bits per heavy atom. The van der Waals surface area contributed by atoms with Crippen LogP contribution >= 0.6 is 0 Å². The van der Waals surface area contributed by atoms with Crippen LogP contribution < -0.4 is 10.1 Å². The molecule has 2 heterocycles. The van der Waals surface area contributed by atoms with Crippen molar-refractivity contribution in [3.05, 3.63) is 59.9 Å². The average molecular weight is 311 g/mol. The molecule has 1 aromatic carbocycles. The zero-order chi connectivity index (χ0) is 16.1. The number of carbonyl (C=O) groups excluding carboxylic acids is 1. The summed E-state index contributed by atoms with van der Waals surface area (Å²) >= 11 is 0. The third-order valence-electron chi connectivity index (χ3n) is 3.98. The largest absolute Gasteiger partial charge is 0.493 e. The third-order valence-corrected chi connectivity index (χ3v) is 3.98. The summed E-state index contributed by atoms with van der Waals surface area (Å²) in [6.45, 7) is 1.22. The highest BCUT2D eigenvalue weighted by molar-refractivity contribution is 5.74. The molecule has 0 fully saturated rings. The van der Waals surface area contributed by atoms with Gasteiger partial charge < -0.3 is 15.0 Å². The highest BCUT2D eigenvalue weighted by atomic mass is 16.5. The van der Waals surface area contributed by atoms with Gasteiger partial charge in [0.15, 0.2) is 0 Å². The second kappa shape index (κ2) is 7.13. The first-order valence-corrected chi connectivity index (χ1v) is 7.86. The molecule has 1 aromatic heterocycles. The van der Waals surface area contributed by atoms with Crippen LogP contribution in [0.3, 0.4) is 0 Å². The van der Waals surface area contributed by atoms with Crippen molar-refractivity contribution in [1.82, 2.24) is 15.2 Å². The van der Waals surface area contributed by atoms with E-state index in [4.69, 9.17) is 4.74 Å². The van der Waals surface area contributed by atoms with Crippen LogP contribution in [-0.4, -0.2) is 29.6 Å². The predicted octanol–water partition coefficient (Wildman–Crippen LogP) is 3.14. The second-order valence-electron chi connectivity index (χ2n) is 5.75. The molecule has 0 saturated heterocycles. The lowest BCUT2D eigenvalue weighted by atomic mass is 10.0. The van der Waals surface area contributed by atoms with Crippen molar-refractivity contribution >= 4 is 6.03 Å². The number of para-hydroxylation sites is 1. The minimum atomic E-state index is -0.0874. The summed E-state index contributed by atoms with van der Waals surface area (Å²) < 4.78 is 5.74. The minimum absolute atomic E-state index is 0.0162. The molecule has 1 aliphatic rings. The number of fused-ring (bicyclic) bond motifs is 1. The molecule has 0 bridgehead atoms. The van der Waals surface area contributed by atoms with E-state index < -0.39 is 0 Å². The van der Waals surface area contributed by atoms with Crippen LogP contribution in [0.5, 0.6) is 5.75 Å². The van der Waals surface area contributed by atoms with Gasteiger partial charge in [-0.15, -0.1) is 0 Å². The molecule has 2 aromatic rings. The van der Waals surface area contributed by atoms with Gasteiger partial charge in [-0.05, 0) is 30.5 Å². The third kappa shape index (κ3) is 3.80. The maximum absolute atomic E-state index is 12.5. The molecule has 1 atom stereocenters. The van der Waals surface area contributed by atoms with Gasteiger partial charge in [0, 0.05) is 31.5 Å². The van der Waals surface area contributed by atoms with Gasteiger partial charge in [0.2, 0.25) is 0 Å². The highest BCUT2D eigenvalue weighted by Crippen LogP contribution is 2.31. The first kappa shape index (κ1) is 15.3. The SMILES string of the molecule is CN(Cc1cccnc1)C(=O)N[C@@H]1CCCOc2ccccc21. The van der Waals surface area contributed by atoms with E-state index in [1.54, 1.807) is 24.3 Å². The van der Waals surface area contributed by atoms with Crippen molar-refractivity contribution in [3.8, 4) is 5.75 Å². The Kier molecular flexibility index (Phi) is 4.76. The Labute approximate surface area is 136 Å². The van der Waals surface area contributed by atoms with E-state index >= 15 is 0 Å². The molecule has 3 rings (SSSR count). The first-order chi connectivity index (χ1) is 11.2. The Morgan fingerprint density at radius 2 is 2.22 bits per heavy atom. The number of ether oxygens (including phenoxy) is 1. The smallest absolute Gasteiger partial charge is 0.317 e. The van der Waals surface area contributed by atoms with Gasteiger partial charge >= 0.3 is 6.03 Å². The Bertz CT molecular complexity index is 660. The molecule has 1 aliphatic heterocycles. The number of amides is 2. The molecule has 0 saturated carbocycles. The molecule has 120 valence electrons. The van der Waals surface area contributed by atoms with E-state index in [0.717, 1.165) is 29.7 Å². The Balaban J connectivity index is 1.67. The number of nitrogens with one attached hydrogen (secondary N) is 1. The number of hydrogen-bond acceptors (Lipinski definition) is 3. The summed E-state index contributed by atoms with van der Waals surface area (Å²) in [5.74, 6) is 0.866. The molecule has 23 heavy (non-hydrogen) atoms. The quantitative estimate of drug-likeness (QED) is 0.947. The number of aromatic nitrogens is 1. The van der Waals surface area contributed by atoms with Crippen molar-refractivity contribution in [3.63, 3.8) is 0 Å². The summed E-state index contributed by atoms with van der Waals surface area (Å²) in [4.78, 5) is 18.2. The maximum atomic E-state index is 12.5. The number of hydrogen-bond donors (Lipinski definition) is 1. The van der Waals surface area contributed by atoms with Crippen molar-refractivity contribution in [2.24, 2.45) is 0 Å². The molecular weight excluding hydrogens is 290 g/mol. The summed E-state index contributed by atoms with van der Waals surface area (Å²) in [7, 11) is 1.79. The van der Waals surface area contributed by atoms with E-state index in [1.165, 1.54) is 0 Å². The topological polar surface area (TPSA) is 54.5 Å². The number of rotatable bonds is 3. The average Bonchev–Trinajstić information content (AvgIpc) is 2.78. The Hall–Kier alpha value is -2.56. The fourth-order valence-corrected chi connectivity index (χ4v) is 2.77. The zero-order valence-electron chi connectivity index (χ0n) is 13.2. The van der Waals surface area contributed by atoms with Crippen LogP contribution in [0.1, 0.15) is 30.0 Å². The fraction of sp³-hybridized carbons (Fsp3) is 0.333. The summed E-state index contributed by atoms with van der Waals surface area (Å²) in [6.07, 6.45) is 5.31. The van der Waals surface area contributed by atoms with Gasteiger partial charge in [-0.3, -0.25) is 4.98 Å². The molecule has 0 unspecified atom stereocenters. The van der Waals surface area contributed by atoms with Crippen LogP contribution in [0.25, 0.3) is 0 Å². The number of urea groups is 1. The molecule has 5 nitrogen and oxygen atoms in total. The molecule has 5 heteroatoms. The summed E-state index contributed by atoms with van der Waals surface area (Å²) in [6, 6.07) is 11.6. The van der Waals surface area contributed by atoms with Gasteiger partial charge in [0.1, 0.15) is 5.75 Å². The van der Waals surface area contributed by atoms with E-state index in [1.807, 2.05) is 36.4 Å². The summed E-state index contributed by atoms with van der Waals surface area (Å²) in [5, 5.41) is 3.12. The summed E-state index contributed by atoms with van der Waals surface area (Å²) in [5.41, 5.74) is 2.06. The lowest BCUT2D eigenvalue weighted by molar-refractivity contribution is 0.202. The van der Waals surface area contributed by atoms with Gasteiger partial charge in [0.25, 0.3) is 0 Å². The zero-order valence-corrected chi connectivity index (χ0v) is 13.2. The lowest BCUT2D eigenvalue weighted by Crippen LogP contribution is -2.39. The molecule has 0 aliphatic carbocycles. The van der Waals surface area contributed by atoms with Gasteiger partial charge in [-0.2, -0.15) is 0 Å². The van der Waals surface area contributed by atoms with E-state index in [0.29, 0.717) is 13.2 Å². The van der Waals surface area contributed by atoms with Crippen molar-refractivity contribution in [1.29, 1.82) is 0 Å². The van der Waals surface area contributed by atoms with Crippen molar-refractivity contribution in [2.45, 2.75) is 25.4 Å². The Morgan fingerprint density at radius 1 is 1.35 bits per heavy atom. The molecule has 0 radical (unpaired) electrons. The van der Waals surface area contributed by atoms with E-state index in [-0.39, 0.29) is 12.1 Å². The van der Waals surface area contributed by atoms with Crippen LogP contribution in [0, 0.1) is 0 Å².